The van der Waals surface area contributed by atoms with Crippen LogP contribution in [0.5, 0.6) is 11.5 Å². The van der Waals surface area contributed by atoms with Crippen LogP contribution >= 0.6 is 46.6 Å². The first-order valence-corrected chi connectivity index (χ1v) is 8.69. The lowest BCUT2D eigenvalue weighted by molar-refractivity contribution is -0.121. The minimum atomic E-state index is -0.0754. The molecule has 0 radical (unpaired) electrons. The third-order valence-corrected chi connectivity index (χ3v) is 5.04. The maximum absolute atomic E-state index is 12.2. The van der Waals surface area contributed by atoms with Crippen LogP contribution in [0.4, 0.5) is 0 Å². The van der Waals surface area contributed by atoms with E-state index in [0.29, 0.717) is 31.7 Å². The Labute approximate surface area is 146 Å². The first kappa shape index (κ1) is 16.6. The van der Waals surface area contributed by atoms with Crippen LogP contribution in [0.25, 0.3) is 6.08 Å². The van der Waals surface area contributed by atoms with Crippen LogP contribution in [0.3, 0.4) is 0 Å². The van der Waals surface area contributed by atoms with Gasteiger partial charge >= 0.3 is 0 Å². The minimum absolute atomic E-state index is 0.0754. The fraction of sp³-hybridized carbons (Fsp3) is 0.286. The summed E-state index contributed by atoms with van der Waals surface area (Å²) in [7, 11) is 0. The summed E-state index contributed by atoms with van der Waals surface area (Å²) in [5, 5.41) is 9.93. The molecule has 0 aromatic heterocycles. The topological polar surface area (TPSA) is 49.8 Å². The van der Waals surface area contributed by atoms with Crippen molar-refractivity contribution >= 4 is 62.9 Å². The molecule has 1 amide bonds. The van der Waals surface area contributed by atoms with Gasteiger partial charge in [0.25, 0.3) is 5.91 Å². The summed E-state index contributed by atoms with van der Waals surface area (Å²) < 4.78 is 6.65. The monoisotopic (exact) mass is 435 g/mol. The Morgan fingerprint density at radius 3 is 2.76 bits per heavy atom. The Morgan fingerprint density at radius 2 is 2.19 bits per heavy atom. The van der Waals surface area contributed by atoms with Crippen LogP contribution in [0.2, 0.25) is 0 Å². The van der Waals surface area contributed by atoms with Crippen molar-refractivity contribution in [1.29, 1.82) is 0 Å². The first-order valence-electron chi connectivity index (χ1n) is 6.38. The molecule has 0 bridgehead atoms. The van der Waals surface area contributed by atoms with E-state index in [0.717, 1.165) is 5.56 Å². The van der Waals surface area contributed by atoms with Crippen LogP contribution in [-0.4, -0.2) is 33.4 Å². The number of hydrogen-bond donors (Lipinski definition) is 1. The normalized spacial score (nSPS) is 16.9. The van der Waals surface area contributed by atoms with E-state index in [1.165, 1.54) is 11.8 Å². The second-order valence-electron chi connectivity index (χ2n) is 4.21. The van der Waals surface area contributed by atoms with Gasteiger partial charge in [-0.15, -0.1) is 0 Å². The summed E-state index contributed by atoms with van der Waals surface area (Å²) in [4.78, 5) is 14.3. The number of thiocarbonyl (C=S) groups is 1. The van der Waals surface area contributed by atoms with Gasteiger partial charge in [-0.3, -0.25) is 9.69 Å². The van der Waals surface area contributed by atoms with Gasteiger partial charge in [0.15, 0.2) is 11.5 Å². The summed E-state index contributed by atoms with van der Waals surface area (Å²) >= 11 is 8.51. The average molecular weight is 435 g/mol. The van der Waals surface area contributed by atoms with Crippen molar-refractivity contribution in [3.05, 3.63) is 26.2 Å². The zero-order valence-corrected chi connectivity index (χ0v) is 15.3. The number of hydrogen-bond acceptors (Lipinski definition) is 5. The molecular formula is C14H14INO3S2. The maximum Gasteiger partial charge on any atom is 0.266 e. The van der Waals surface area contributed by atoms with Crippen molar-refractivity contribution in [3.8, 4) is 11.5 Å². The van der Waals surface area contributed by atoms with Gasteiger partial charge in [-0.25, -0.2) is 0 Å². The Balaban J connectivity index is 2.37. The number of rotatable bonds is 4. The second kappa shape index (κ2) is 6.97. The zero-order chi connectivity index (χ0) is 15.6. The molecule has 1 saturated heterocycles. The van der Waals surface area contributed by atoms with Crippen molar-refractivity contribution in [3.63, 3.8) is 0 Å². The van der Waals surface area contributed by atoms with Crippen molar-refractivity contribution in [1.82, 2.24) is 4.90 Å². The Hall–Kier alpha value is -0.800. The van der Waals surface area contributed by atoms with E-state index in [1.807, 2.05) is 36.4 Å². The van der Waals surface area contributed by atoms with Crippen LogP contribution in [0.15, 0.2) is 17.0 Å². The number of thioether (sulfide) groups is 1. The molecule has 7 heteroatoms. The number of nitrogens with zero attached hydrogens (tertiary/aromatic N) is 1. The van der Waals surface area contributed by atoms with Gasteiger partial charge in [-0.05, 0) is 60.2 Å². The second-order valence-corrected chi connectivity index (χ2v) is 7.05. The molecule has 1 aromatic carbocycles. The van der Waals surface area contributed by atoms with Crippen molar-refractivity contribution in [2.75, 3.05) is 13.2 Å². The highest BCUT2D eigenvalue weighted by atomic mass is 127. The number of likely N-dealkylation sites (N-methyl/N-ethyl adjacent to an activating group) is 1. The van der Waals surface area contributed by atoms with E-state index >= 15 is 0 Å². The molecule has 1 aliphatic rings. The minimum Gasteiger partial charge on any atom is -0.504 e. The molecule has 1 N–H and O–H groups in total. The molecule has 21 heavy (non-hydrogen) atoms. The third-order valence-electron chi connectivity index (χ3n) is 2.84. The molecule has 0 spiro atoms. The van der Waals surface area contributed by atoms with Crippen LogP contribution in [-0.2, 0) is 4.79 Å². The predicted octanol–water partition coefficient (Wildman–Crippen LogP) is 3.62. The van der Waals surface area contributed by atoms with Crippen molar-refractivity contribution in [2.24, 2.45) is 0 Å². The van der Waals surface area contributed by atoms with E-state index in [4.69, 9.17) is 17.0 Å². The number of carbonyl (C=O) groups excluding carboxylic acids is 1. The average Bonchev–Trinajstić information content (AvgIpc) is 2.70. The van der Waals surface area contributed by atoms with Crippen LogP contribution in [0, 0.1) is 3.57 Å². The highest BCUT2D eigenvalue weighted by Crippen LogP contribution is 2.36. The number of benzene rings is 1. The fourth-order valence-electron chi connectivity index (χ4n) is 1.87. The van der Waals surface area contributed by atoms with Crippen LogP contribution in [0.1, 0.15) is 19.4 Å². The van der Waals surface area contributed by atoms with Crippen molar-refractivity contribution in [2.45, 2.75) is 13.8 Å². The molecule has 1 aromatic rings. The number of aromatic hydroxyl groups is 1. The SMILES string of the molecule is CCOc1cc(C=C2SC(=S)N(CC)C2=O)cc(I)c1O. The summed E-state index contributed by atoms with van der Waals surface area (Å²) in [5.41, 5.74) is 0.803. The lowest BCUT2D eigenvalue weighted by atomic mass is 10.2. The third kappa shape index (κ3) is 3.51. The van der Waals surface area contributed by atoms with Gasteiger partial charge < -0.3 is 9.84 Å². The van der Waals surface area contributed by atoms with E-state index < -0.39 is 0 Å². The molecule has 1 heterocycles. The Morgan fingerprint density at radius 1 is 1.48 bits per heavy atom. The molecule has 112 valence electrons. The number of phenolic OH excluding ortho intramolecular Hbond substituents is 1. The van der Waals surface area contributed by atoms with E-state index in [1.54, 1.807) is 23.1 Å². The lowest BCUT2D eigenvalue weighted by Crippen LogP contribution is -2.27. The Kier molecular flexibility index (Phi) is 5.50. The summed E-state index contributed by atoms with van der Waals surface area (Å²) in [6, 6.07) is 3.52. The lowest BCUT2D eigenvalue weighted by Gasteiger charge is -2.10. The van der Waals surface area contributed by atoms with E-state index in [2.05, 4.69) is 0 Å². The summed E-state index contributed by atoms with van der Waals surface area (Å²) in [6.07, 6.45) is 1.78. The van der Waals surface area contributed by atoms with Crippen LogP contribution < -0.4 is 4.74 Å². The van der Waals surface area contributed by atoms with Gasteiger partial charge in [-0.1, -0.05) is 24.0 Å². The molecule has 0 saturated carbocycles. The summed E-state index contributed by atoms with van der Waals surface area (Å²) in [6.45, 7) is 4.78. The first-order chi connectivity index (χ1) is 9.97. The fourth-order valence-corrected chi connectivity index (χ4v) is 3.88. The van der Waals surface area contributed by atoms with Gasteiger partial charge in [0, 0.05) is 6.54 Å². The Bertz CT molecular complexity index is 631. The number of amides is 1. The van der Waals surface area contributed by atoms with Crippen molar-refractivity contribution < 1.29 is 14.6 Å². The molecule has 0 unspecified atom stereocenters. The number of phenols is 1. The van der Waals surface area contributed by atoms with Gasteiger partial charge in [-0.2, -0.15) is 0 Å². The number of halogens is 1. The molecule has 0 atom stereocenters. The largest absolute Gasteiger partial charge is 0.504 e. The smallest absolute Gasteiger partial charge is 0.266 e. The van der Waals surface area contributed by atoms with E-state index in [9.17, 15) is 9.90 Å². The highest BCUT2D eigenvalue weighted by Gasteiger charge is 2.30. The number of carbonyl (C=O) groups is 1. The van der Waals surface area contributed by atoms with E-state index in [-0.39, 0.29) is 11.7 Å². The molecule has 1 aliphatic heterocycles. The predicted molar refractivity (Wildman–Crippen MR) is 97.5 cm³/mol. The summed E-state index contributed by atoms with van der Waals surface area (Å²) in [5.74, 6) is 0.464. The molecule has 1 fully saturated rings. The quantitative estimate of drug-likeness (QED) is 0.445. The number of ether oxygens (including phenoxy) is 1. The zero-order valence-electron chi connectivity index (χ0n) is 11.6. The molecule has 4 nitrogen and oxygen atoms in total. The molecular weight excluding hydrogens is 421 g/mol. The molecule has 0 aliphatic carbocycles. The van der Waals surface area contributed by atoms with Gasteiger partial charge in [0.1, 0.15) is 4.32 Å². The highest BCUT2D eigenvalue weighted by molar-refractivity contribution is 14.1. The van der Waals surface area contributed by atoms with Gasteiger partial charge in [0.2, 0.25) is 0 Å². The standard InChI is InChI=1S/C14H14INO3S2/c1-3-16-13(18)11(21-14(16)20)7-8-5-9(15)12(17)10(6-8)19-4-2/h5-7,17H,3-4H2,1-2H3. The van der Waals surface area contributed by atoms with Gasteiger partial charge in [0.05, 0.1) is 15.1 Å². The maximum atomic E-state index is 12.2. The molecule has 2 rings (SSSR count).